The van der Waals surface area contributed by atoms with E-state index < -0.39 is 30.1 Å². The van der Waals surface area contributed by atoms with Gasteiger partial charge in [-0.25, -0.2) is 4.79 Å². The van der Waals surface area contributed by atoms with E-state index >= 15 is 0 Å². The first-order chi connectivity index (χ1) is 12.2. The molecule has 0 saturated heterocycles. The summed E-state index contributed by atoms with van der Waals surface area (Å²) in [4.78, 5) is 46.9. The number of fused-ring (bicyclic) bond motifs is 1. The van der Waals surface area contributed by atoms with Crippen LogP contribution in [0.15, 0.2) is 34.9 Å². The predicted molar refractivity (Wildman–Crippen MR) is 90.8 cm³/mol. The van der Waals surface area contributed by atoms with Crippen molar-refractivity contribution in [1.82, 2.24) is 0 Å². The maximum Gasteiger partial charge on any atom is 0.338 e. The van der Waals surface area contributed by atoms with Gasteiger partial charge < -0.3 is 14.2 Å². The van der Waals surface area contributed by atoms with E-state index in [2.05, 4.69) is 6.58 Å². The first kappa shape index (κ1) is 19.6. The van der Waals surface area contributed by atoms with Gasteiger partial charge in [-0.05, 0) is 42.6 Å². The SMILES string of the molecule is C=C1CCC2=C(COC(C)=O)C(=O)O[C@@H]2/C=C(\C)[C@@H](OC(C)=O)CC1=O. The van der Waals surface area contributed by atoms with E-state index in [1.807, 2.05) is 0 Å². The summed E-state index contributed by atoms with van der Waals surface area (Å²) in [5.41, 5.74) is 1.91. The lowest BCUT2D eigenvalue weighted by atomic mass is 9.90. The molecule has 2 aliphatic rings. The van der Waals surface area contributed by atoms with E-state index in [9.17, 15) is 19.2 Å². The van der Waals surface area contributed by atoms with Gasteiger partial charge in [-0.1, -0.05) is 6.58 Å². The number of rotatable bonds is 3. The van der Waals surface area contributed by atoms with Crippen molar-refractivity contribution in [3.8, 4) is 0 Å². The topological polar surface area (TPSA) is 96.0 Å². The van der Waals surface area contributed by atoms with Gasteiger partial charge in [-0.15, -0.1) is 0 Å². The Kier molecular flexibility index (Phi) is 6.13. The molecule has 0 aromatic heterocycles. The molecular formula is C19H22O7. The van der Waals surface area contributed by atoms with Crippen LogP contribution in [-0.2, 0) is 33.4 Å². The van der Waals surface area contributed by atoms with Crippen LogP contribution in [0.1, 0.15) is 40.0 Å². The fourth-order valence-electron chi connectivity index (χ4n) is 2.89. The van der Waals surface area contributed by atoms with E-state index in [0.717, 1.165) is 0 Å². The summed E-state index contributed by atoms with van der Waals surface area (Å²) in [7, 11) is 0. The Labute approximate surface area is 151 Å². The average Bonchev–Trinajstić information content (AvgIpc) is 2.83. The molecule has 1 heterocycles. The minimum atomic E-state index is -0.743. The number of ketones is 1. The fraction of sp³-hybridized carbons (Fsp3) is 0.474. The molecule has 140 valence electrons. The van der Waals surface area contributed by atoms with Gasteiger partial charge in [0, 0.05) is 13.8 Å². The number of allylic oxidation sites excluding steroid dienone is 1. The molecule has 0 fully saturated rings. The molecule has 2 rings (SSSR count). The van der Waals surface area contributed by atoms with Crippen molar-refractivity contribution in [2.24, 2.45) is 0 Å². The molecule has 0 saturated carbocycles. The summed E-state index contributed by atoms with van der Waals surface area (Å²) in [6.07, 6.45) is 1.01. The normalized spacial score (nSPS) is 25.8. The first-order valence-electron chi connectivity index (χ1n) is 8.31. The molecule has 0 unspecified atom stereocenters. The Hall–Kier alpha value is -2.70. The molecular weight excluding hydrogens is 340 g/mol. The predicted octanol–water partition coefficient (Wildman–Crippen LogP) is 1.96. The molecule has 0 aromatic carbocycles. The standard InChI is InChI=1S/C19H22O7/c1-10-5-6-14-15(9-24-12(3)20)19(23)26-18(14)7-11(2)17(8-16(10)22)25-13(4)21/h7,17-18H,1,5-6,8-9H2,2-4H3/b11-7+/t17-,18+/m0/s1. The van der Waals surface area contributed by atoms with Crippen LogP contribution in [0.25, 0.3) is 0 Å². The minimum Gasteiger partial charge on any atom is -0.461 e. The lowest BCUT2D eigenvalue weighted by molar-refractivity contribution is -0.146. The second kappa shape index (κ2) is 8.12. The summed E-state index contributed by atoms with van der Waals surface area (Å²) < 4.78 is 15.6. The van der Waals surface area contributed by atoms with Crippen LogP contribution in [0.4, 0.5) is 0 Å². The number of hydrogen-bond acceptors (Lipinski definition) is 7. The van der Waals surface area contributed by atoms with E-state index in [4.69, 9.17) is 14.2 Å². The van der Waals surface area contributed by atoms with Crippen molar-refractivity contribution in [2.45, 2.75) is 52.2 Å². The second-order valence-electron chi connectivity index (χ2n) is 6.35. The third kappa shape index (κ3) is 4.68. The molecule has 2 atom stereocenters. The van der Waals surface area contributed by atoms with Crippen LogP contribution in [0.2, 0.25) is 0 Å². The summed E-state index contributed by atoms with van der Waals surface area (Å²) in [6.45, 7) is 7.85. The zero-order chi connectivity index (χ0) is 19.4. The minimum absolute atomic E-state index is 0.000759. The van der Waals surface area contributed by atoms with Crippen LogP contribution in [-0.4, -0.2) is 42.5 Å². The lowest BCUT2D eigenvalue weighted by Crippen LogP contribution is -2.25. The van der Waals surface area contributed by atoms with Crippen LogP contribution >= 0.6 is 0 Å². The third-order valence-electron chi connectivity index (χ3n) is 4.32. The summed E-state index contributed by atoms with van der Waals surface area (Å²) >= 11 is 0. The average molecular weight is 362 g/mol. The van der Waals surface area contributed by atoms with E-state index in [1.54, 1.807) is 13.0 Å². The highest BCUT2D eigenvalue weighted by Gasteiger charge is 2.35. The molecule has 0 spiro atoms. The molecule has 0 aromatic rings. The molecule has 1 aliphatic carbocycles. The van der Waals surface area contributed by atoms with Gasteiger partial charge >= 0.3 is 17.9 Å². The maximum absolute atomic E-state index is 12.3. The van der Waals surface area contributed by atoms with Gasteiger partial charge in [0.2, 0.25) is 0 Å². The molecule has 0 bridgehead atoms. The Balaban J connectivity index is 2.41. The molecule has 0 N–H and O–H groups in total. The monoisotopic (exact) mass is 362 g/mol. The van der Waals surface area contributed by atoms with E-state index in [0.29, 0.717) is 29.6 Å². The van der Waals surface area contributed by atoms with Gasteiger partial charge in [0.05, 0.1) is 12.0 Å². The Morgan fingerprint density at radius 2 is 1.92 bits per heavy atom. The summed E-state index contributed by atoms with van der Waals surface area (Å²) in [6, 6.07) is 0. The highest BCUT2D eigenvalue weighted by molar-refractivity contribution is 5.96. The molecule has 1 aliphatic heterocycles. The number of hydrogen-bond donors (Lipinski definition) is 0. The van der Waals surface area contributed by atoms with Gasteiger partial charge in [-0.2, -0.15) is 0 Å². The zero-order valence-corrected chi connectivity index (χ0v) is 15.1. The molecule has 7 heteroatoms. The lowest BCUT2D eigenvalue weighted by Gasteiger charge is -2.21. The van der Waals surface area contributed by atoms with Crippen LogP contribution in [0, 0.1) is 0 Å². The van der Waals surface area contributed by atoms with Crippen molar-refractivity contribution in [3.05, 3.63) is 34.9 Å². The van der Waals surface area contributed by atoms with Crippen molar-refractivity contribution >= 4 is 23.7 Å². The smallest absolute Gasteiger partial charge is 0.338 e. The Morgan fingerprint density at radius 1 is 1.23 bits per heavy atom. The molecule has 0 amide bonds. The zero-order valence-electron chi connectivity index (χ0n) is 15.1. The van der Waals surface area contributed by atoms with Crippen molar-refractivity contribution in [3.63, 3.8) is 0 Å². The highest BCUT2D eigenvalue weighted by Crippen LogP contribution is 2.32. The number of carbonyl (C=O) groups excluding carboxylic acids is 4. The van der Waals surface area contributed by atoms with Crippen molar-refractivity contribution in [1.29, 1.82) is 0 Å². The summed E-state index contributed by atoms with van der Waals surface area (Å²) in [5.74, 6) is -1.77. The maximum atomic E-state index is 12.3. The molecule has 0 radical (unpaired) electrons. The van der Waals surface area contributed by atoms with Crippen molar-refractivity contribution in [2.75, 3.05) is 6.61 Å². The molecule has 7 nitrogen and oxygen atoms in total. The van der Waals surface area contributed by atoms with Gasteiger partial charge in [0.15, 0.2) is 5.78 Å². The Bertz CT molecular complexity index is 726. The highest BCUT2D eigenvalue weighted by atomic mass is 16.6. The fourth-order valence-corrected chi connectivity index (χ4v) is 2.89. The van der Waals surface area contributed by atoms with Crippen LogP contribution in [0.5, 0.6) is 0 Å². The van der Waals surface area contributed by atoms with Gasteiger partial charge in [-0.3, -0.25) is 14.4 Å². The van der Waals surface area contributed by atoms with Gasteiger partial charge in [0.1, 0.15) is 18.8 Å². The van der Waals surface area contributed by atoms with Crippen LogP contribution in [0.3, 0.4) is 0 Å². The largest absolute Gasteiger partial charge is 0.461 e. The Morgan fingerprint density at radius 3 is 2.54 bits per heavy atom. The number of carbonyl (C=O) groups is 4. The van der Waals surface area contributed by atoms with Gasteiger partial charge in [0.25, 0.3) is 0 Å². The van der Waals surface area contributed by atoms with E-state index in [-0.39, 0.29) is 24.4 Å². The second-order valence-corrected chi connectivity index (χ2v) is 6.35. The van der Waals surface area contributed by atoms with Crippen molar-refractivity contribution < 1.29 is 33.4 Å². The number of ether oxygens (including phenoxy) is 3. The van der Waals surface area contributed by atoms with Crippen LogP contribution < -0.4 is 0 Å². The summed E-state index contributed by atoms with van der Waals surface area (Å²) in [5, 5.41) is 0. The van der Waals surface area contributed by atoms with E-state index in [1.165, 1.54) is 13.8 Å². The molecule has 26 heavy (non-hydrogen) atoms. The third-order valence-corrected chi connectivity index (χ3v) is 4.32. The quantitative estimate of drug-likeness (QED) is 0.328. The first-order valence-corrected chi connectivity index (χ1v) is 8.31. The number of Topliss-reactive ketones (excluding diaryl/α,β-unsaturated/α-hetero) is 1. The number of esters is 3.